The minimum atomic E-state index is -0.325. The zero-order chi connectivity index (χ0) is 23.5. The number of benzene rings is 3. The van der Waals surface area contributed by atoms with Crippen LogP contribution in [0, 0.1) is 0 Å². The summed E-state index contributed by atoms with van der Waals surface area (Å²) in [5.41, 5.74) is 4.37. The molecule has 3 aromatic rings. The van der Waals surface area contributed by atoms with Crippen LogP contribution in [0.3, 0.4) is 0 Å². The third-order valence-corrected chi connectivity index (χ3v) is 6.36. The molecular formula is C27H28N2O5. The van der Waals surface area contributed by atoms with Crippen LogP contribution in [-0.4, -0.2) is 46.8 Å². The Morgan fingerprint density at radius 2 is 1.97 bits per heavy atom. The number of carbonyl (C=O) groups is 1. The molecule has 1 saturated heterocycles. The highest BCUT2D eigenvalue weighted by Crippen LogP contribution is 2.36. The molecule has 2 heterocycles. The monoisotopic (exact) mass is 460 g/mol. The first kappa shape index (κ1) is 22.1. The Labute approximate surface area is 198 Å². The number of hydrogen-bond acceptors (Lipinski definition) is 6. The van der Waals surface area contributed by atoms with Crippen LogP contribution in [0.5, 0.6) is 17.2 Å². The van der Waals surface area contributed by atoms with Gasteiger partial charge in [0.25, 0.3) is 5.91 Å². The zero-order valence-electron chi connectivity index (χ0n) is 18.9. The van der Waals surface area contributed by atoms with Gasteiger partial charge in [0.05, 0.1) is 12.6 Å². The maximum absolute atomic E-state index is 13.5. The maximum atomic E-state index is 13.5. The summed E-state index contributed by atoms with van der Waals surface area (Å²) in [4.78, 5) is 15.2. The quantitative estimate of drug-likeness (QED) is 0.514. The standard InChI is InChI=1S/C27H28N2O5/c30-21-13-24(31)26(25(14-21)34-16-18-5-2-1-3-6-18)27(32)29-11-9-22-19(15-29)7-4-8-23(22)28-20-10-12-33-17-20/h1-8,13-14,20,28,30-31H,9-12,15-17H2. The molecule has 0 radical (unpaired) electrons. The highest BCUT2D eigenvalue weighted by molar-refractivity contribution is 6.00. The Kier molecular flexibility index (Phi) is 6.27. The van der Waals surface area contributed by atoms with E-state index in [1.165, 1.54) is 17.7 Å². The van der Waals surface area contributed by atoms with Crippen LogP contribution in [0.15, 0.2) is 60.7 Å². The Hall–Kier alpha value is -3.71. The lowest BCUT2D eigenvalue weighted by atomic mass is 9.96. The number of nitrogens with zero attached hydrogens (tertiary/aromatic N) is 1. The number of hydrogen-bond donors (Lipinski definition) is 3. The molecule has 0 bridgehead atoms. The summed E-state index contributed by atoms with van der Waals surface area (Å²) in [5, 5.41) is 24.1. The van der Waals surface area contributed by atoms with Crippen molar-refractivity contribution in [3.8, 4) is 17.2 Å². The number of rotatable bonds is 6. The van der Waals surface area contributed by atoms with Crippen LogP contribution in [-0.2, 0) is 24.3 Å². The lowest BCUT2D eigenvalue weighted by Crippen LogP contribution is -2.36. The van der Waals surface area contributed by atoms with E-state index in [2.05, 4.69) is 11.4 Å². The number of nitrogens with one attached hydrogen (secondary N) is 1. The second-order valence-corrected chi connectivity index (χ2v) is 8.74. The molecule has 176 valence electrons. The molecule has 2 aliphatic rings. The number of ether oxygens (including phenoxy) is 2. The van der Waals surface area contributed by atoms with Crippen LogP contribution in [0.4, 0.5) is 5.69 Å². The van der Waals surface area contributed by atoms with Crippen LogP contribution in [0.1, 0.15) is 33.5 Å². The fourth-order valence-electron chi connectivity index (χ4n) is 4.60. The average Bonchev–Trinajstić information content (AvgIpc) is 3.36. The molecule has 2 aliphatic heterocycles. The predicted octanol–water partition coefficient (Wildman–Crippen LogP) is 4.08. The van der Waals surface area contributed by atoms with Crippen LogP contribution < -0.4 is 10.1 Å². The fraction of sp³-hybridized carbons (Fsp3) is 0.296. The molecule has 0 aromatic heterocycles. The van der Waals surface area contributed by atoms with Crippen molar-refractivity contribution < 1.29 is 24.5 Å². The SMILES string of the molecule is O=C(c1c(O)cc(O)cc1OCc1ccccc1)N1CCc2c(cccc2NC2CCOC2)C1. The summed E-state index contributed by atoms with van der Waals surface area (Å²) in [7, 11) is 0. The van der Waals surface area contributed by atoms with E-state index in [4.69, 9.17) is 9.47 Å². The van der Waals surface area contributed by atoms with Gasteiger partial charge in [-0.05, 0) is 35.6 Å². The van der Waals surface area contributed by atoms with Crippen molar-refractivity contribution >= 4 is 11.6 Å². The molecule has 3 N–H and O–H groups in total. The van der Waals surface area contributed by atoms with Gasteiger partial charge in [-0.1, -0.05) is 42.5 Å². The summed E-state index contributed by atoms with van der Waals surface area (Å²) < 4.78 is 11.4. The van der Waals surface area contributed by atoms with E-state index in [9.17, 15) is 15.0 Å². The van der Waals surface area contributed by atoms with Crippen molar-refractivity contribution in [1.29, 1.82) is 0 Å². The maximum Gasteiger partial charge on any atom is 0.261 e. The van der Waals surface area contributed by atoms with Crippen molar-refractivity contribution in [3.63, 3.8) is 0 Å². The molecular weight excluding hydrogens is 432 g/mol. The molecule has 7 heteroatoms. The summed E-state index contributed by atoms with van der Waals surface area (Å²) in [5.74, 6) is -0.620. The smallest absolute Gasteiger partial charge is 0.261 e. The van der Waals surface area contributed by atoms with Gasteiger partial charge in [0.15, 0.2) is 0 Å². The zero-order valence-corrected chi connectivity index (χ0v) is 18.9. The number of phenolic OH excluding ortho intramolecular Hbond substituents is 2. The van der Waals surface area contributed by atoms with Gasteiger partial charge < -0.3 is 29.9 Å². The highest BCUT2D eigenvalue weighted by atomic mass is 16.5. The summed E-state index contributed by atoms with van der Waals surface area (Å²) in [6.45, 7) is 2.65. The minimum Gasteiger partial charge on any atom is -0.508 e. The van der Waals surface area contributed by atoms with Crippen molar-refractivity contribution in [1.82, 2.24) is 4.90 Å². The summed E-state index contributed by atoms with van der Waals surface area (Å²) in [6, 6.07) is 18.5. The van der Waals surface area contributed by atoms with E-state index in [1.807, 2.05) is 42.5 Å². The number of phenols is 2. The predicted molar refractivity (Wildman–Crippen MR) is 128 cm³/mol. The second-order valence-electron chi connectivity index (χ2n) is 8.74. The van der Waals surface area contributed by atoms with E-state index in [-0.39, 0.29) is 35.3 Å². The topological polar surface area (TPSA) is 91.3 Å². The Balaban J connectivity index is 1.36. The number of amides is 1. The first-order valence-corrected chi connectivity index (χ1v) is 11.6. The van der Waals surface area contributed by atoms with Gasteiger partial charge in [0.1, 0.15) is 29.4 Å². The van der Waals surface area contributed by atoms with Crippen LogP contribution in [0.2, 0.25) is 0 Å². The van der Waals surface area contributed by atoms with Crippen molar-refractivity contribution in [2.24, 2.45) is 0 Å². The first-order chi connectivity index (χ1) is 16.6. The molecule has 1 amide bonds. The Morgan fingerprint density at radius 1 is 1.12 bits per heavy atom. The molecule has 1 unspecified atom stereocenters. The Morgan fingerprint density at radius 3 is 2.76 bits per heavy atom. The third kappa shape index (κ3) is 4.65. The van der Waals surface area contributed by atoms with Crippen molar-refractivity contribution in [3.05, 3.63) is 82.9 Å². The summed E-state index contributed by atoms with van der Waals surface area (Å²) in [6.07, 6.45) is 1.69. The number of fused-ring (bicyclic) bond motifs is 1. The van der Waals surface area contributed by atoms with E-state index in [0.29, 0.717) is 32.2 Å². The number of anilines is 1. The molecule has 34 heavy (non-hydrogen) atoms. The van der Waals surface area contributed by atoms with E-state index in [1.54, 1.807) is 4.90 Å². The van der Waals surface area contributed by atoms with Gasteiger partial charge in [-0.2, -0.15) is 0 Å². The van der Waals surface area contributed by atoms with E-state index >= 15 is 0 Å². The molecule has 0 spiro atoms. The minimum absolute atomic E-state index is 0.0644. The van der Waals surface area contributed by atoms with Gasteiger partial charge in [0.2, 0.25) is 0 Å². The van der Waals surface area contributed by atoms with Gasteiger partial charge >= 0.3 is 0 Å². The largest absolute Gasteiger partial charge is 0.508 e. The average molecular weight is 461 g/mol. The highest BCUT2D eigenvalue weighted by Gasteiger charge is 2.29. The molecule has 5 rings (SSSR count). The molecule has 7 nitrogen and oxygen atoms in total. The third-order valence-electron chi connectivity index (χ3n) is 6.36. The molecule has 0 aliphatic carbocycles. The lowest BCUT2D eigenvalue weighted by molar-refractivity contribution is 0.0726. The number of carbonyl (C=O) groups excluding carboxylic acids is 1. The van der Waals surface area contributed by atoms with Gasteiger partial charge in [-0.3, -0.25) is 4.79 Å². The van der Waals surface area contributed by atoms with E-state index < -0.39 is 0 Å². The molecule has 3 aromatic carbocycles. The Bertz CT molecular complexity index is 1180. The van der Waals surface area contributed by atoms with Crippen molar-refractivity contribution in [2.45, 2.75) is 32.0 Å². The van der Waals surface area contributed by atoms with Crippen LogP contribution in [0.25, 0.3) is 0 Å². The van der Waals surface area contributed by atoms with E-state index in [0.717, 1.165) is 29.8 Å². The van der Waals surface area contributed by atoms with Gasteiger partial charge in [-0.15, -0.1) is 0 Å². The van der Waals surface area contributed by atoms with Crippen molar-refractivity contribution in [2.75, 3.05) is 25.1 Å². The normalized spacial score (nSPS) is 17.3. The van der Waals surface area contributed by atoms with Gasteiger partial charge in [-0.25, -0.2) is 0 Å². The number of aromatic hydroxyl groups is 2. The van der Waals surface area contributed by atoms with Crippen LogP contribution >= 0.6 is 0 Å². The molecule has 1 fully saturated rings. The fourth-order valence-corrected chi connectivity index (χ4v) is 4.60. The first-order valence-electron chi connectivity index (χ1n) is 11.6. The van der Waals surface area contributed by atoms with Gasteiger partial charge in [0, 0.05) is 37.5 Å². The molecule has 1 atom stereocenters. The lowest BCUT2D eigenvalue weighted by Gasteiger charge is -2.31. The second kappa shape index (κ2) is 9.65. The molecule has 0 saturated carbocycles. The summed E-state index contributed by atoms with van der Waals surface area (Å²) >= 11 is 0.